The fourth-order valence-electron chi connectivity index (χ4n) is 3.14. The summed E-state index contributed by atoms with van der Waals surface area (Å²) < 4.78 is 12.7. The Labute approximate surface area is 172 Å². The van der Waals surface area contributed by atoms with Gasteiger partial charge in [0.05, 0.1) is 0 Å². The van der Waals surface area contributed by atoms with Gasteiger partial charge in [-0.3, -0.25) is 4.79 Å². The highest BCUT2D eigenvalue weighted by Crippen LogP contribution is 2.19. The standard InChI is InChI=1S/C23H21N3O4/c27-22(16-29-19-8-6-18-7-9-23(28)30-20(18)14-19)25-11-10-21-24-12-13-26(21)15-17-4-2-1-3-5-17/h1-9,12-14H,10-11,15-16H2,(H,25,27). The highest BCUT2D eigenvalue weighted by atomic mass is 16.5. The molecule has 0 spiro atoms. The molecule has 1 amide bonds. The molecule has 4 aromatic rings. The van der Waals surface area contributed by atoms with E-state index in [2.05, 4.69) is 27.0 Å². The fourth-order valence-corrected chi connectivity index (χ4v) is 3.14. The Morgan fingerprint density at radius 2 is 1.93 bits per heavy atom. The summed E-state index contributed by atoms with van der Waals surface area (Å²) in [5, 5.41) is 3.63. The number of hydrogen-bond donors (Lipinski definition) is 1. The maximum Gasteiger partial charge on any atom is 0.336 e. The summed E-state index contributed by atoms with van der Waals surface area (Å²) in [6.07, 6.45) is 4.32. The number of nitrogens with zero attached hydrogens (tertiary/aromatic N) is 2. The van der Waals surface area contributed by atoms with Crippen LogP contribution in [-0.4, -0.2) is 28.6 Å². The van der Waals surface area contributed by atoms with Gasteiger partial charge in [-0.1, -0.05) is 30.3 Å². The van der Waals surface area contributed by atoms with Gasteiger partial charge in [-0.05, 0) is 23.8 Å². The fraction of sp³-hybridized carbons (Fsp3) is 0.174. The Morgan fingerprint density at radius 1 is 1.10 bits per heavy atom. The molecule has 7 heteroatoms. The second-order valence-electron chi connectivity index (χ2n) is 6.80. The first-order valence-electron chi connectivity index (χ1n) is 9.65. The second kappa shape index (κ2) is 9.09. The van der Waals surface area contributed by atoms with Gasteiger partial charge in [-0.15, -0.1) is 0 Å². The van der Waals surface area contributed by atoms with Crippen LogP contribution in [0.2, 0.25) is 0 Å². The minimum absolute atomic E-state index is 0.124. The van der Waals surface area contributed by atoms with E-state index in [1.54, 1.807) is 30.5 Å². The smallest absolute Gasteiger partial charge is 0.336 e. The molecule has 0 aliphatic carbocycles. The van der Waals surface area contributed by atoms with E-state index in [1.165, 1.54) is 11.6 Å². The Morgan fingerprint density at radius 3 is 2.80 bits per heavy atom. The Balaban J connectivity index is 1.26. The van der Waals surface area contributed by atoms with Crippen LogP contribution in [0.3, 0.4) is 0 Å². The van der Waals surface area contributed by atoms with E-state index in [4.69, 9.17) is 9.15 Å². The summed E-state index contributed by atoms with van der Waals surface area (Å²) in [6.45, 7) is 1.08. The zero-order chi connectivity index (χ0) is 20.8. The minimum Gasteiger partial charge on any atom is -0.484 e. The van der Waals surface area contributed by atoms with Crippen molar-refractivity contribution in [2.45, 2.75) is 13.0 Å². The topological polar surface area (TPSA) is 86.4 Å². The van der Waals surface area contributed by atoms with Crippen LogP contribution in [0.15, 0.2) is 82.3 Å². The van der Waals surface area contributed by atoms with E-state index < -0.39 is 5.63 Å². The largest absolute Gasteiger partial charge is 0.484 e. The predicted molar refractivity (Wildman–Crippen MR) is 112 cm³/mol. The van der Waals surface area contributed by atoms with Crippen molar-refractivity contribution in [2.75, 3.05) is 13.2 Å². The zero-order valence-corrected chi connectivity index (χ0v) is 16.3. The molecule has 2 aromatic heterocycles. The summed E-state index contributed by atoms with van der Waals surface area (Å²) in [5.41, 5.74) is 1.19. The number of fused-ring (bicyclic) bond motifs is 1. The van der Waals surface area contributed by atoms with Gasteiger partial charge in [-0.2, -0.15) is 0 Å². The molecule has 0 saturated carbocycles. The van der Waals surface area contributed by atoms with E-state index in [0.29, 0.717) is 24.3 Å². The van der Waals surface area contributed by atoms with Gasteiger partial charge in [0, 0.05) is 49.4 Å². The van der Waals surface area contributed by atoms with Gasteiger partial charge >= 0.3 is 5.63 Å². The quantitative estimate of drug-likeness (QED) is 0.457. The van der Waals surface area contributed by atoms with Gasteiger partial charge in [0.25, 0.3) is 5.91 Å². The zero-order valence-electron chi connectivity index (χ0n) is 16.3. The van der Waals surface area contributed by atoms with E-state index >= 15 is 0 Å². The van der Waals surface area contributed by atoms with Crippen LogP contribution in [-0.2, 0) is 17.8 Å². The van der Waals surface area contributed by atoms with E-state index in [9.17, 15) is 9.59 Å². The molecule has 2 aromatic carbocycles. The number of nitrogens with one attached hydrogen (secondary N) is 1. The number of benzene rings is 2. The van der Waals surface area contributed by atoms with Crippen LogP contribution >= 0.6 is 0 Å². The van der Waals surface area contributed by atoms with Crippen LogP contribution in [0, 0.1) is 0 Å². The maximum absolute atomic E-state index is 12.1. The molecule has 0 fully saturated rings. The maximum atomic E-state index is 12.1. The van der Waals surface area contributed by atoms with Crippen molar-refractivity contribution >= 4 is 16.9 Å². The van der Waals surface area contributed by atoms with Gasteiger partial charge in [-0.25, -0.2) is 9.78 Å². The van der Waals surface area contributed by atoms with Crippen molar-refractivity contribution in [3.63, 3.8) is 0 Å². The van der Waals surface area contributed by atoms with Crippen LogP contribution < -0.4 is 15.7 Å². The molecule has 0 atom stereocenters. The molecular formula is C23H21N3O4. The number of hydrogen-bond acceptors (Lipinski definition) is 5. The van der Waals surface area contributed by atoms with Gasteiger partial charge in [0.2, 0.25) is 0 Å². The summed E-state index contributed by atoms with van der Waals surface area (Å²) in [4.78, 5) is 27.8. The Kier molecular flexibility index (Phi) is 5.89. The molecule has 7 nitrogen and oxygen atoms in total. The number of aromatic nitrogens is 2. The molecule has 0 unspecified atom stereocenters. The third-order valence-electron chi connectivity index (χ3n) is 4.63. The lowest BCUT2D eigenvalue weighted by Gasteiger charge is -2.10. The lowest BCUT2D eigenvalue weighted by Crippen LogP contribution is -2.31. The summed E-state index contributed by atoms with van der Waals surface area (Å²) in [5.74, 6) is 1.14. The molecule has 30 heavy (non-hydrogen) atoms. The van der Waals surface area contributed by atoms with Gasteiger partial charge in [0.15, 0.2) is 6.61 Å². The average molecular weight is 403 g/mol. The summed E-state index contributed by atoms with van der Waals surface area (Å²) in [6, 6.07) is 18.3. The monoisotopic (exact) mass is 403 g/mol. The van der Waals surface area contributed by atoms with Gasteiger partial charge in [0.1, 0.15) is 17.2 Å². The number of carbonyl (C=O) groups excluding carboxylic acids is 1. The number of rotatable bonds is 8. The average Bonchev–Trinajstić information content (AvgIpc) is 3.19. The molecule has 0 aliphatic rings. The second-order valence-corrected chi connectivity index (χ2v) is 6.80. The van der Waals surface area contributed by atoms with E-state index in [1.807, 2.05) is 24.4 Å². The number of amides is 1. The van der Waals surface area contributed by atoms with Crippen molar-refractivity contribution < 1.29 is 13.9 Å². The first-order chi connectivity index (χ1) is 14.7. The third-order valence-corrected chi connectivity index (χ3v) is 4.63. The molecule has 0 bridgehead atoms. The number of ether oxygens (including phenoxy) is 1. The minimum atomic E-state index is -0.428. The number of carbonyl (C=O) groups is 1. The molecule has 0 saturated heterocycles. The lowest BCUT2D eigenvalue weighted by molar-refractivity contribution is -0.123. The van der Waals surface area contributed by atoms with Crippen molar-refractivity contribution in [2.24, 2.45) is 0 Å². The molecule has 2 heterocycles. The van der Waals surface area contributed by atoms with Crippen LogP contribution in [0.4, 0.5) is 0 Å². The first kappa shape index (κ1) is 19.4. The lowest BCUT2D eigenvalue weighted by atomic mass is 10.2. The van der Waals surface area contributed by atoms with Crippen molar-refractivity contribution in [3.05, 3.63) is 94.9 Å². The molecule has 0 aliphatic heterocycles. The summed E-state index contributed by atoms with van der Waals surface area (Å²) in [7, 11) is 0. The van der Waals surface area contributed by atoms with E-state index in [0.717, 1.165) is 17.8 Å². The van der Waals surface area contributed by atoms with E-state index in [-0.39, 0.29) is 12.5 Å². The molecule has 4 rings (SSSR count). The molecule has 0 radical (unpaired) electrons. The molecule has 1 N–H and O–H groups in total. The Hall–Kier alpha value is -3.87. The van der Waals surface area contributed by atoms with Crippen molar-refractivity contribution in [1.82, 2.24) is 14.9 Å². The SMILES string of the molecule is O=C(COc1ccc2ccc(=O)oc2c1)NCCc1nccn1Cc1ccccc1. The summed E-state index contributed by atoms with van der Waals surface area (Å²) >= 11 is 0. The van der Waals surface area contributed by atoms with Crippen molar-refractivity contribution in [1.29, 1.82) is 0 Å². The Bertz CT molecular complexity index is 1200. The highest BCUT2D eigenvalue weighted by Gasteiger charge is 2.07. The number of imidazole rings is 1. The molecular weight excluding hydrogens is 382 g/mol. The highest BCUT2D eigenvalue weighted by molar-refractivity contribution is 5.79. The van der Waals surface area contributed by atoms with Crippen molar-refractivity contribution in [3.8, 4) is 5.75 Å². The third kappa shape index (κ3) is 4.94. The van der Waals surface area contributed by atoms with Crippen LogP contribution in [0.25, 0.3) is 11.0 Å². The van der Waals surface area contributed by atoms with Crippen LogP contribution in [0.5, 0.6) is 5.75 Å². The van der Waals surface area contributed by atoms with Gasteiger partial charge < -0.3 is 19.0 Å². The first-order valence-corrected chi connectivity index (χ1v) is 9.65. The normalized spacial score (nSPS) is 10.8. The predicted octanol–water partition coefficient (Wildman–Crippen LogP) is 2.78. The van der Waals surface area contributed by atoms with Crippen LogP contribution in [0.1, 0.15) is 11.4 Å². The molecule has 152 valence electrons.